The van der Waals surface area contributed by atoms with Crippen molar-refractivity contribution in [3.63, 3.8) is 0 Å². The summed E-state index contributed by atoms with van der Waals surface area (Å²) in [6.45, 7) is 0. The number of rotatable bonds is 4. The van der Waals surface area contributed by atoms with Crippen LogP contribution >= 0.6 is 0 Å². The third-order valence-electron chi connectivity index (χ3n) is 1.58. The smallest absolute Gasteiger partial charge is 0.518 e. The fourth-order valence-corrected chi connectivity index (χ4v) is 0.903. The van der Waals surface area contributed by atoms with Crippen LogP contribution in [0.3, 0.4) is 0 Å². The number of hydrogen-bond acceptors (Lipinski definition) is 4. The van der Waals surface area contributed by atoms with Crippen molar-refractivity contribution in [3.8, 4) is 5.75 Å². The van der Waals surface area contributed by atoms with Crippen molar-refractivity contribution >= 4 is 13.4 Å². The van der Waals surface area contributed by atoms with Crippen molar-refractivity contribution in [3.05, 3.63) is 36.1 Å². The zero-order valence-electron chi connectivity index (χ0n) is 7.75. The molecule has 4 nitrogen and oxygen atoms in total. The van der Waals surface area contributed by atoms with Gasteiger partial charge in [0, 0.05) is 0 Å². The predicted octanol–water partition coefficient (Wildman–Crippen LogP) is 0.652. The molecular weight excluding hydrogens is 183 g/mol. The van der Waals surface area contributed by atoms with Gasteiger partial charge in [-0.05, 0) is 23.8 Å². The van der Waals surface area contributed by atoms with Crippen LogP contribution in [0.1, 0.15) is 5.56 Å². The maximum atomic E-state index is 8.37. The van der Waals surface area contributed by atoms with Crippen LogP contribution in [0, 0.1) is 0 Å². The van der Waals surface area contributed by atoms with E-state index in [-0.39, 0.29) is 0 Å². The third kappa shape index (κ3) is 3.51. The Hall–Kier alpha value is -1.46. The Kier molecular flexibility index (Phi) is 4.03. The van der Waals surface area contributed by atoms with Gasteiger partial charge in [-0.3, -0.25) is 0 Å². The summed E-state index contributed by atoms with van der Waals surface area (Å²) in [5, 5.41) is 16.7. The zero-order valence-corrected chi connectivity index (χ0v) is 7.75. The van der Waals surface area contributed by atoms with E-state index in [0.29, 0.717) is 0 Å². The lowest BCUT2D eigenvalue weighted by atomic mass is 10.2. The van der Waals surface area contributed by atoms with Crippen LogP contribution < -0.4 is 4.74 Å². The maximum absolute atomic E-state index is 8.37. The van der Waals surface area contributed by atoms with Gasteiger partial charge < -0.3 is 19.4 Å². The molecule has 0 heterocycles. The molecule has 5 heteroatoms. The lowest BCUT2D eigenvalue weighted by Crippen LogP contribution is -2.12. The average Bonchev–Trinajstić information content (AvgIpc) is 2.18. The Morgan fingerprint density at radius 1 is 1.21 bits per heavy atom. The fourth-order valence-electron chi connectivity index (χ4n) is 0.903. The van der Waals surface area contributed by atoms with E-state index in [1.807, 2.05) is 12.1 Å². The largest absolute Gasteiger partial charge is 0.707 e. The minimum Gasteiger partial charge on any atom is -0.518 e. The SMILES string of the molecule is COc1ccc(/C=C/OB(O)O)cc1. The van der Waals surface area contributed by atoms with E-state index in [9.17, 15) is 0 Å². The molecule has 1 aromatic carbocycles. The normalized spacial score (nSPS) is 10.2. The van der Waals surface area contributed by atoms with E-state index in [2.05, 4.69) is 4.65 Å². The Balaban J connectivity index is 2.55. The quantitative estimate of drug-likeness (QED) is 0.545. The van der Waals surface area contributed by atoms with Crippen molar-refractivity contribution in [1.29, 1.82) is 0 Å². The van der Waals surface area contributed by atoms with Crippen molar-refractivity contribution < 1.29 is 19.4 Å². The van der Waals surface area contributed by atoms with Gasteiger partial charge >= 0.3 is 7.32 Å². The Morgan fingerprint density at radius 2 is 1.86 bits per heavy atom. The molecule has 1 aromatic rings. The summed E-state index contributed by atoms with van der Waals surface area (Å²) in [4.78, 5) is 0. The van der Waals surface area contributed by atoms with Crippen molar-refractivity contribution in [2.75, 3.05) is 7.11 Å². The van der Waals surface area contributed by atoms with Gasteiger partial charge in [-0.15, -0.1) is 0 Å². The highest BCUT2D eigenvalue weighted by molar-refractivity contribution is 6.32. The predicted molar refractivity (Wildman–Crippen MR) is 53.3 cm³/mol. The molecule has 0 atom stereocenters. The molecule has 0 saturated heterocycles. The first-order chi connectivity index (χ1) is 6.72. The molecule has 74 valence electrons. The van der Waals surface area contributed by atoms with E-state index in [1.54, 1.807) is 25.3 Å². The number of methoxy groups -OCH3 is 1. The number of benzene rings is 1. The zero-order chi connectivity index (χ0) is 10.4. The second-order valence-electron chi connectivity index (χ2n) is 2.54. The van der Waals surface area contributed by atoms with Gasteiger partial charge in [0.1, 0.15) is 5.75 Å². The molecule has 1 rings (SSSR count). The Labute approximate surface area is 82.6 Å². The van der Waals surface area contributed by atoms with Crippen LogP contribution in [0.5, 0.6) is 5.75 Å². The van der Waals surface area contributed by atoms with Gasteiger partial charge in [0.2, 0.25) is 0 Å². The molecule has 0 unspecified atom stereocenters. The molecule has 2 N–H and O–H groups in total. The minimum atomic E-state index is -1.77. The molecule has 0 radical (unpaired) electrons. The maximum Gasteiger partial charge on any atom is 0.707 e. The van der Waals surface area contributed by atoms with Crippen LogP contribution in [0.25, 0.3) is 6.08 Å². The van der Waals surface area contributed by atoms with Crippen LogP contribution in [0.4, 0.5) is 0 Å². The van der Waals surface area contributed by atoms with E-state index in [1.165, 1.54) is 6.26 Å². The van der Waals surface area contributed by atoms with Crippen molar-refractivity contribution in [2.45, 2.75) is 0 Å². The highest BCUT2D eigenvalue weighted by Crippen LogP contribution is 2.12. The summed E-state index contributed by atoms with van der Waals surface area (Å²) in [6, 6.07) is 7.25. The Morgan fingerprint density at radius 3 is 2.36 bits per heavy atom. The van der Waals surface area contributed by atoms with Crippen LogP contribution in [-0.4, -0.2) is 24.5 Å². The highest BCUT2D eigenvalue weighted by Gasteiger charge is 2.05. The second-order valence-corrected chi connectivity index (χ2v) is 2.54. The molecule has 0 saturated carbocycles. The molecule has 0 amide bonds. The lowest BCUT2D eigenvalue weighted by molar-refractivity contribution is 0.258. The van der Waals surface area contributed by atoms with Gasteiger partial charge in [-0.1, -0.05) is 12.1 Å². The van der Waals surface area contributed by atoms with Crippen LogP contribution in [-0.2, 0) is 4.65 Å². The van der Waals surface area contributed by atoms with Crippen molar-refractivity contribution in [1.82, 2.24) is 0 Å². The van der Waals surface area contributed by atoms with E-state index >= 15 is 0 Å². The van der Waals surface area contributed by atoms with E-state index < -0.39 is 7.32 Å². The molecule has 0 aliphatic heterocycles. The highest BCUT2D eigenvalue weighted by atomic mass is 16.6. The first-order valence-electron chi connectivity index (χ1n) is 4.04. The molecule has 14 heavy (non-hydrogen) atoms. The van der Waals surface area contributed by atoms with Gasteiger partial charge in [0.05, 0.1) is 13.4 Å². The fraction of sp³-hybridized carbons (Fsp3) is 0.111. The van der Waals surface area contributed by atoms with E-state index in [0.717, 1.165) is 11.3 Å². The summed E-state index contributed by atoms with van der Waals surface area (Å²) >= 11 is 0. The molecule has 0 aliphatic rings. The van der Waals surface area contributed by atoms with E-state index in [4.69, 9.17) is 14.8 Å². The first-order valence-corrected chi connectivity index (χ1v) is 4.04. The summed E-state index contributed by atoms with van der Waals surface area (Å²) in [7, 11) is -0.180. The van der Waals surface area contributed by atoms with Gasteiger partial charge in [0.25, 0.3) is 0 Å². The first kappa shape index (κ1) is 10.6. The van der Waals surface area contributed by atoms with Gasteiger partial charge in [-0.25, -0.2) is 0 Å². The summed E-state index contributed by atoms with van der Waals surface area (Å²) < 4.78 is 9.38. The van der Waals surface area contributed by atoms with Gasteiger partial charge in [-0.2, -0.15) is 0 Å². The monoisotopic (exact) mass is 194 g/mol. The number of hydrogen-bond donors (Lipinski definition) is 2. The van der Waals surface area contributed by atoms with Gasteiger partial charge in [0.15, 0.2) is 0 Å². The summed E-state index contributed by atoms with van der Waals surface area (Å²) in [5.74, 6) is 0.769. The standard InChI is InChI=1S/C9H11BO4/c1-13-9-4-2-8(3-5-9)6-7-14-10(11)12/h2-7,11-12H,1H3/b7-6+. The van der Waals surface area contributed by atoms with Crippen molar-refractivity contribution in [2.24, 2.45) is 0 Å². The minimum absolute atomic E-state index is 0.769. The van der Waals surface area contributed by atoms with Crippen LogP contribution in [0.2, 0.25) is 0 Å². The molecule has 0 spiro atoms. The van der Waals surface area contributed by atoms with Crippen LogP contribution in [0.15, 0.2) is 30.5 Å². The third-order valence-corrected chi connectivity index (χ3v) is 1.58. The second kappa shape index (κ2) is 5.31. The molecular formula is C9H11BO4. The molecule has 0 fully saturated rings. The topological polar surface area (TPSA) is 58.9 Å². The molecule has 0 aromatic heterocycles. The summed E-state index contributed by atoms with van der Waals surface area (Å²) in [6.07, 6.45) is 2.82. The Bertz CT molecular complexity index is 294. The average molecular weight is 194 g/mol. The number of ether oxygens (including phenoxy) is 1. The summed E-state index contributed by atoms with van der Waals surface area (Å²) in [5.41, 5.74) is 0.881. The molecule has 0 aliphatic carbocycles. The lowest BCUT2D eigenvalue weighted by Gasteiger charge is -1.99. The molecule has 0 bridgehead atoms.